The Morgan fingerprint density at radius 1 is 1.30 bits per heavy atom. The van der Waals surface area contributed by atoms with E-state index in [4.69, 9.17) is 4.42 Å². The highest BCUT2D eigenvalue weighted by molar-refractivity contribution is 5.78. The lowest BCUT2D eigenvalue weighted by atomic mass is 9.92. The third-order valence-corrected chi connectivity index (χ3v) is 5.00. The predicted octanol–water partition coefficient (Wildman–Crippen LogP) is 4.27. The summed E-state index contributed by atoms with van der Waals surface area (Å²) in [5.41, 5.74) is 0.397. The van der Waals surface area contributed by atoms with Crippen LogP contribution in [0, 0.1) is 23.6 Å². The molecular weight excluding hydrogens is 253 g/mol. The zero-order valence-electron chi connectivity index (χ0n) is 11.7. The summed E-state index contributed by atoms with van der Waals surface area (Å²) < 4.78 is 19.6. The molecule has 1 heterocycles. The molecule has 3 heteroatoms. The molecule has 1 N–H and O–H groups in total. The van der Waals surface area contributed by atoms with Gasteiger partial charge in [0, 0.05) is 5.39 Å². The van der Waals surface area contributed by atoms with Crippen LogP contribution in [0.3, 0.4) is 0 Å². The molecule has 3 atom stereocenters. The second kappa shape index (κ2) is 4.59. The fourth-order valence-corrected chi connectivity index (χ4v) is 3.95. The van der Waals surface area contributed by atoms with E-state index in [-0.39, 0.29) is 11.9 Å². The van der Waals surface area contributed by atoms with Crippen molar-refractivity contribution in [3.63, 3.8) is 0 Å². The third kappa shape index (κ3) is 1.96. The van der Waals surface area contributed by atoms with Crippen LogP contribution in [0.2, 0.25) is 0 Å². The fraction of sp³-hybridized carbons (Fsp3) is 0.529. The van der Waals surface area contributed by atoms with E-state index in [1.54, 1.807) is 6.07 Å². The first-order valence-corrected chi connectivity index (χ1v) is 7.67. The Hall–Kier alpha value is -1.35. The average molecular weight is 273 g/mol. The monoisotopic (exact) mass is 273 g/mol. The highest BCUT2D eigenvalue weighted by Crippen LogP contribution is 2.57. The van der Waals surface area contributed by atoms with E-state index in [9.17, 15) is 4.39 Å². The van der Waals surface area contributed by atoms with Gasteiger partial charge in [0.25, 0.3) is 0 Å². The topological polar surface area (TPSA) is 25.2 Å². The maximum Gasteiger partial charge on any atom is 0.169 e. The molecule has 0 amide bonds. The second-order valence-corrected chi connectivity index (χ2v) is 6.33. The SMILES string of the molecule is CCNC(c1cc2cccc(F)c2o1)C1CC2CC2C1. The Labute approximate surface area is 118 Å². The Morgan fingerprint density at radius 2 is 2.10 bits per heavy atom. The van der Waals surface area contributed by atoms with Crippen LogP contribution >= 0.6 is 0 Å². The summed E-state index contributed by atoms with van der Waals surface area (Å²) >= 11 is 0. The largest absolute Gasteiger partial charge is 0.456 e. The van der Waals surface area contributed by atoms with Crippen molar-refractivity contribution >= 4 is 11.0 Å². The predicted molar refractivity (Wildman–Crippen MR) is 76.9 cm³/mol. The van der Waals surface area contributed by atoms with Crippen LogP contribution in [-0.4, -0.2) is 6.54 Å². The molecule has 4 rings (SSSR count). The van der Waals surface area contributed by atoms with Gasteiger partial charge in [0.15, 0.2) is 11.4 Å². The standard InChI is InChI=1S/C17H20FNO/c1-2-19-16(13-7-11-6-12(11)8-13)15-9-10-4-3-5-14(18)17(10)20-15/h3-5,9,11-13,16,19H,2,6-8H2,1H3. The Balaban J connectivity index is 1.68. The minimum absolute atomic E-state index is 0.236. The van der Waals surface area contributed by atoms with Crippen molar-refractivity contribution < 1.29 is 8.81 Å². The summed E-state index contributed by atoms with van der Waals surface area (Å²) in [7, 11) is 0. The molecule has 2 fully saturated rings. The van der Waals surface area contributed by atoms with E-state index in [1.807, 2.05) is 12.1 Å². The summed E-state index contributed by atoms with van der Waals surface area (Å²) in [4.78, 5) is 0. The smallest absolute Gasteiger partial charge is 0.169 e. The molecule has 0 spiro atoms. The quantitative estimate of drug-likeness (QED) is 0.900. The van der Waals surface area contributed by atoms with Gasteiger partial charge in [0.05, 0.1) is 6.04 Å². The normalized spacial score (nSPS) is 29.6. The molecule has 2 aliphatic carbocycles. The Morgan fingerprint density at radius 3 is 2.80 bits per heavy atom. The third-order valence-electron chi connectivity index (χ3n) is 5.00. The number of fused-ring (bicyclic) bond motifs is 2. The number of nitrogens with one attached hydrogen (secondary N) is 1. The molecular formula is C17H20FNO. The molecule has 0 aliphatic heterocycles. The summed E-state index contributed by atoms with van der Waals surface area (Å²) in [6.45, 7) is 3.03. The van der Waals surface area contributed by atoms with E-state index < -0.39 is 0 Å². The van der Waals surface area contributed by atoms with Crippen LogP contribution in [0.15, 0.2) is 28.7 Å². The zero-order valence-corrected chi connectivity index (χ0v) is 11.7. The molecule has 0 radical (unpaired) electrons. The Bertz CT molecular complexity index is 625. The van der Waals surface area contributed by atoms with Gasteiger partial charge >= 0.3 is 0 Å². The lowest BCUT2D eigenvalue weighted by molar-refractivity contribution is 0.304. The summed E-state index contributed by atoms with van der Waals surface area (Å²) in [6, 6.07) is 7.36. The Kier molecular flexibility index (Phi) is 2.84. The van der Waals surface area contributed by atoms with Crippen LogP contribution in [0.4, 0.5) is 4.39 Å². The number of hydrogen-bond donors (Lipinski definition) is 1. The minimum Gasteiger partial charge on any atom is -0.456 e. The van der Waals surface area contributed by atoms with Gasteiger partial charge in [-0.2, -0.15) is 0 Å². The molecule has 0 saturated heterocycles. The number of para-hydroxylation sites is 1. The number of furan rings is 1. The van der Waals surface area contributed by atoms with Crippen molar-refractivity contribution in [1.82, 2.24) is 5.32 Å². The van der Waals surface area contributed by atoms with Crippen LogP contribution in [0.5, 0.6) is 0 Å². The van der Waals surface area contributed by atoms with Gasteiger partial charge in [0.2, 0.25) is 0 Å². The molecule has 0 bridgehead atoms. The van der Waals surface area contributed by atoms with Crippen molar-refractivity contribution in [3.8, 4) is 0 Å². The highest BCUT2D eigenvalue weighted by Gasteiger charge is 2.48. The fourth-order valence-electron chi connectivity index (χ4n) is 3.95. The first-order chi connectivity index (χ1) is 9.76. The zero-order chi connectivity index (χ0) is 13.7. The van der Waals surface area contributed by atoms with Crippen LogP contribution in [0.1, 0.15) is 38.0 Å². The number of halogens is 1. The van der Waals surface area contributed by atoms with E-state index in [0.29, 0.717) is 11.5 Å². The van der Waals surface area contributed by atoms with Gasteiger partial charge in [-0.15, -0.1) is 0 Å². The first-order valence-electron chi connectivity index (χ1n) is 7.67. The van der Waals surface area contributed by atoms with Gasteiger partial charge < -0.3 is 9.73 Å². The van der Waals surface area contributed by atoms with Crippen molar-refractivity contribution in [2.75, 3.05) is 6.54 Å². The number of hydrogen-bond acceptors (Lipinski definition) is 2. The van der Waals surface area contributed by atoms with Crippen LogP contribution in [-0.2, 0) is 0 Å². The van der Waals surface area contributed by atoms with Crippen molar-refractivity contribution in [3.05, 3.63) is 35.8 Å². The second-order valence-electron chi connectivity index (χ2n) is 6.33. The summed E-state index contributed by atoms with van der Waals surface area (Å²) in [5.74, 6) is 3.17. The molecule has 1 aromatic heterocycles. The van der Waals surface area contributed by atoms with Gasteiger partial charge in [0.1, 0.15) is 5.76 Å². The average Bonchev–Trinajstić information content (AvgIpc) is 2.89. The summed E-state index contributed by atoms with van der Waals surface area (Å²) in [6.07, 6.45) is 4.01. The van der Waals surface area contributed by atoms with Gasteiger partial charge in [-0.25, -0.2) is 4.39 Å². The molecule has 3 unspecified atom stereocenters. The number of rotatable bonds is 4. The molecule has 1 aromatic carbocycles. The molecule has 2 nitrogen and oxygen atoms in total. The van der Waals surface area contributed by atoms with Crippen molar-refractivity contribution in [2.24, 2.45) is 17.8 Å². The van der Waals surface area contributed by atoms with Crippen LogP contribution < -0.4 is 5.32 Å². The molecule has 2 saturated carbocycles. The van der Waals surface area contributed by atoms with Crippen molar-refractivity contribution in [2.45, 2.75) is 32.2 Å². The van der Waals surface area contributed by atoms with Crippen molar-refractivity contribution in [1.29, 1.82) is 0 Å². The highest BCUT2D eigenvalue weighted by atomic mass is 19.1. The lowest BCUT2D eigenvalue weighted by Crippen LogP contribution is -2.27. The van der Waals surface area contributed by atoms with E-state index in [0.717, 1.165) is 29.5 Å². The van der Waals surface area contributed by atoms with Crippen LogP contribution in [0.25, 0.3) is 11.0 Å². The summed E-state index contributed by atoms with van der Waals surface area (Å²) in [5, 5.41) is 4.41. The van der Waals surface area contributed by atoms with Gasteiger partial charge in [-0.1, -0.05) is 19.1 Å². The van der Waals surface area contributed by atoms with Gasteiger partial charge in [-0.3, -0.25) is 0 Å². The lowest BCUT2D eigenvalue weighted by Gasteiger charge is -2.23. The maximum absolute atomic E-state index is 13.8. The van der Waals surface area contributed by atoms with E-state index >= 15 is 0 Å². The van der Waals surface area contributed by atoms with E-state index in [2.05, 4.69) is 12.2 Å². The first kappa shape index (κ1) is 12.4. The van der Waals surface area contributed by atoms with E-state index in [1.165, 1.54) is 25.3 Å². The molecule has 2 aromatic rings. The molecule has 20 heavy (non-hydrogen) atoms. The molecule has 106 valence electrons. The molecule has 2 aliphatic rings. The number of benzene rings is 1. The minimum atomic E-state index is -0.265. The van der Waals surface area contributed by atoms with Gasteiger partial charge in [-0.05, 0) is 55.7 Å². The maximum atomic E-state index is 13.8.